The lowest BCUT2D eigenvalue weighted by atomic mass is 10.2. The highest BCUT2D eigenvalue weighted by Crippen LogP contribution is 2.61. The zero-order valence-electron chi connectivity index (χ0n) is 14.1. The predicted octanol–water partition coefficient (Wildman–Crippen LogP) is 6.46. The van der Waals surface area contributed by atoms with E-state index in [1.54, 1.807) is 0 Å². The maximum atomic E-state index is 6.17. The van der Waals surface area contributed by atoms with Gasteiger partial charge in [0, 0.05) is 5.69 Å². The fourth-order valence-corrected chi connectivity index (χ4v) is 4.56. The smallest absolute Gasteiger partial charge is 0.411 e. The van der Waals surface area contributed by atoms with Crippen molar-refractivity contribution in [3.05, 3.63) is 83.9 Å². The van der Waals surface area contributed by atoms with Gasteiger partial charge in [0.15, 0.2) is 11.5 Å². The number of hydrogen-bond donors (Lipinski definition) is 1. The summed E-state index contributed by atoms with van der Waals surface area (Å²) in [6.45, 7) is 4.11. The van der Waals surface area contributed by atoms with Gasteiger partial charge in [-0.05, 0) is 50.2 Å². The molecule has 0 spiro atoms. The standard InChI is InChI=1S/C20H19N2O2P/c1-15-7-11-17(12-8-15)21-25(22-18-13-9-16(2)10-14-18)23-19-5-3-4-6-20(19)24-25/h3-14,21H,1-2H3. The lowest BCUT2D eigenvalue weighted by Gasteiger charge is -2.19. The van der Waals surface area contributed by atoms with Gasteiger partial charge in [0.2, 0.25) is 0 Å². The molecule has 5 heteroatoms. The van der Waals surface area contributed by atoms with E-state index in [1.807, 2.05) is 72.8 Å². The molecule has 1 heterocycles. The number of nitrogens with zero attached hydrogens (tertiary/aromatic N) is 1. The summed E-state index contributed by atoms with van der Waals surface area (Å²) in [5.74, 6) is 1.43. The van der Waals surface area contributed by atoms with E-state index in [1.165, 1.54) is 11.1 Å². The molecule has 25 heavy (non-hydrogen) atoms. The molecule has 3 aromatic rings. The SMILES string of the molecule is Cc1ccc(N=P2(Nc3ccc(C)cc3)Oc3ccccc3O2)cc1. The Labute approximate surface area is 147 Å². The van der Waals surface area contributed by atoms with Gasteiger partial charge in [0.1, 0.15) is 0 Å². The Kier molecular flexibility index (Phi) is 3.98. The van der Waals surface area contributed by atoms with Crippen LogP contribution in [0.1, 0.15) is 11.1 Å². The van der Waals surface area contributed by atoms with Crippen LogP contribution in [0.5, 0.6) is 11.5 Å². The summed E-state index contributed by atoms with van der Waals surface area (Å²) in [5, 5.41) is 3.39. The van der Waals surface area contributed by atoms with E-state index in [-0.39, 0.29) is 0 Å². The van der Waals surface area contributed by atoms with E-state index in [0.29, 0.717) is 11.5 Å². The van der Waals surface area contributed by atoms with Gasteiger partial charge >= 0.3 is 7.66 Å². The van der Waals surface area contributed by atoms with Crippen LogP contribution in [0.2, 0.25) is 0 Å². The predicted molar refractivity (Wildman–Crippen MR) is 103 cm³/mol. The second kappa shape index (κ2) is 6.30. The normalized spacial score (nSPS) is 14.2. The summed E-state index contributed by atoms with van der Waals surface area (Å²) in [4.78, 5) is 0. The quantitative estimate of drug-likeness (QED) is 0.551. The Morgan fingerprint density at radius 2 is 1.24 bits per heavy atom. The van der Waals surface area contributed by atoms with Gasteiger partial charge in [0.25, 0.3) is 0 Å². The molecule has 0 radical (unpaired) electrons. The zero-order valence-corrected chi connectivity index (χ0v) is 15.0. The van der Waals surface area contributed by atoms with Crippen molar-refractivity contribution < 1.29 is 9.05 Å². The van der Waals surface area contributed by atoms with Crippen LogP contribution in [-0.4, -0.2) is 0 Å². The molecular weight excluding hydrogens is 331 g/mol. The van der Waals surface area contributed by atoms with Crippen LogP contribution in [0, 0.1) is 13.8 Å². The molecule has 4 nitrogen and oxygen atoms in total. The molecule has 4 rings (SSSR count). The van der Waals surface area contributed by atoms with Crippen molar-refractivity contribution in [2.24, 2.45) is 4.74 Å². The number of rotatable bonds is 3. The Morgan fingerprint density at radius 3 is 1.80 bits per heavy atom. The van der Waals surface area contributed by atoms with Crippen molar-refractivity contribution in [2.75, 3.05) is 5.09 Å². The largest absolute Gasteiger partial charge is 0.427 e. The van der Waals surface area contributed by atoms with Crippen molar-refractivity contribution in [2.45, 2.75) is 13.8 Å². The van der Waals surface area contributed by atoms with Crippen LogP contribution in [0.15, 0.2) is 77.5 Å². The lowest BCUT2D eigenvalue weighted by Crippen LogP contribution is -2.04. The van der Waals surface area contributed by atoms with Gasteiger partial charge in [-0.3, -0.25) is 5.09 Å². The summed E-state index contributed by atoms with van der Waals surface area (Å²) in [6.07, 6.45) is 0. The molecule has 0 atom stereocenters. The molecule has 1 N–H and O–H groups in total. The fraction of sp³-hybridized carbons (Fsp3) is 0.100. The first-order chi connectivity index (χ1) is 12.1. The molecule has 0 fully saturated rings. The summed E-state index contributed by atoms with van der Waals surface area (Å²) in [7, 11) is -2.73. The van der Waals surface area contributed by atoms with Crippen molar-refractivity contribution in [3.63, 3.8) is 0 Å². The molecule has 0 aliphatic carbocycles. The molecule has 0 bridgehead atoms. The maximum Gasteiger partial charge on any atom is 0.427 e. The zero-order chi connectivity index (χ0) is 17.3. The van der Waals surface area contributed by atoms with Gasteiger partial charge in [0.05, 0.1) is 5.69 Å². The van der Waals surface area contributed by atoms with E-state index in [2.05, 4.69) is 18.9 Å². The monoisotopic (exact) mass is 350 g/mol. The minimum Gasteiger partial charge on any atom is -0.411 e. The number of nitrogens with one attached hydrogen (secondary N) is 1. The van der Waals surface area contributed by atoms with E-state index in [0.717, 1.165) is 11.4 Å². The third-order valence-corrected chi connectivity index (χ3v) is 5.82. The number of benzene rings is 3. The summed E-state index contributed by atoms with van der Waals surface area (Å²) in [6, 6.07) is 23.8. The highest BCUT2D eigenvalue weighted by molar-refractivity contribution is 7.59. The number of para-hydroxylation sites is 2. The Balaban J connectivity index is 1.76. The van der Waals surface area contributed by atoms with Crippen LogP contribution < -0.4 is 14.1 Å². The van der Waals surface area contributed by atoms with Gasteiger partial charge < -0.3 is 9.05 Å². The Hall–Kier alpha value is -2.71. The third-order valence-electron chi connectivity index (χ3n) is 3.90. The molecule has 0 amide bonds. The Bertz CT molecular complexity index is 921. The van der Waals surface area contributed by atoms with Crippen LogP contribution >= 0.6 is 7.66 Å². The lowest BCUT2D eigenvalue weighted by molar-refractivity contribution is 0.563. The highest BCUT2D eigenvalue weighted by atomic mass is 31.2. The maximum absolute atomic E-state index is 6.17. The first-order valence-electron chi connectivity index (χ1n) is 8.14. The van der Waals surface area contributed by atoms with E-state index < -0.39 is 7.66 Å². The molecular formula is C20H19N2O2P. The third kappa shape index (κ3) is 3.40. The fourth-order valence-electron chi connectivity index (χ4n) is 2.55. The summed E-state index contributed by atoms with van der Waals surface area (Å²) < 4.78 is 17.2. The summed E-state index contributed by atoms with van der Waals surface area (Å²) >= 11 is 0. The molecule has 126 valence electrons. The topological polar surface area (TPSA) is 42.9 Å². The van der Waals surface area contributed by atoms with E-state index >= 15 is 0 Å². The van der Waals surface area contributed by atoms with Gasteiger partial charge in [-0.2, -0.15) is 4.74 Å². The van der Waals surface area contributed by atoms with Crippen molar-refractivity contribution in [1.82, 2.24) is 0 Å². The second-order valence-electron chi connectivity index (χ2n) is 6.06. The van der Waals surface area contributed by atoms with Crippen LogP contribution in [0.25, 0.3) is 0 Å². The average Bonchev–Trinajstić information content (AvgIpc) is 2.97. The molecule has 0 unspecified atom stereocenters. The van der Waals surface area contributed by atoms with Gasteiger partial charge in [-0.1, -0.05) is 47.5 Å². The van der Waals surface area contributed by atoms with Crippen molar-refractivity contribution in [3.8, 4) is 11.5 Å². The number of fused-ring (bicyclic) bond motifs is 1. The summed E-state index contributed by atoms with van der Waals surface area (Å²) in [5.41, 5.74) is 4.13. The molecule has 0 saturated carbocycles. The van der Waals surface area contributed by atoms with Crippen LogP contribution in [0.3, 0.4) is 0 Å². The van der Waals surface area contributed by atoms with Crippen molar-refractivity contribution >= 4 is 19.0 Å². The molecule has 3 aromatic carbocycles. The first kappa shape index (κ1) is 15.8. The van der Waals surface area contributed by atoms with Gasteiger partial charge in [-0.25, -0.2) is 0 Å². The minimum absolute atomic E-state index is 0.714. The average molecular weight is 350 g/mol. The van der Waals surface area contributed by atoms with E-state index in [9.17, 15) is 0 Å². The highest BCUT2D eigenvalue weighted by Gasteiger charge is 2.34. The Morgan fingerprint density at radius 1 is 0.720 bits per heavy atom. The number of aryl methyl sites for hydroxylation is 2. The van der Waals surface area contributed by atoms with E-state index in [4.69, 9.17) is 13.8 Å². The first-order valence-corrected chi connectivity index (χ1v) is 9.72. The molecule has 0 saturated heterocycles. The number of anilines is 1. The molecule has 1 aliphatic heterocycles. The van der Waals surface area contributed by atoms with Crippen LogP contribution in [0.4, 0.5) is 11.4 Å². The number of hydrogen-bond acceptors (Lipinski definition) is 3. The second-order valence-corrected chi connectivity index (χ2v) is 7.89. The molecule has 0 aromatic heterocycles. The minimum atomic E-state index is -2.73. The molecule has 1 aliphatic rings. The van der Waals surface area contributed by atoms with Gasteiger partial charge in [-0.15, -0.1) is 0 Å². The van der Waals surface area contributed by atoms with Crippen LogP contribution in [-0.2, 0) is 0 Å². The van der Waals surface area contributed by atoms with Crippen molar-refractivity contribution in [1.29, 1.82) is 0 Å².